The van der Waals surface area contributed by atoms with E-state index < -0.39 is 0 Å². The first-order valence-electron chi connectivity index (χ1n) is 15.7. The van der Waals surface area contributed by atoms with E-state index >= 15 is 0 Å². The Morgan fingerprint density at radius 2 is 0.848 bits per heavy atom. The number of pyridine rings is 2. The van der Waals surface area contributed by atoms with Crippen LogP contribution in [0, 0.1) is 0 Å². The molecule has 46 heavy (non-hydrogen) atoms. The molecule has 0 saturated heterocycles. The van der Waals surface area contributed by atoms with Crippen molar-refractivity contribution in [3.05, 3.63) is 170 Å². The van der Waals surface area contributed by atoms with E-state index in [9.17, 15) is 0 Å². The lowest BCUT2D eigenvalue weighted by molar-refractivity contribution is 1.30. The summed E-state index contributed by atoms with van der Waals surface area (Å²) >= 11 is 0. The molecule has 0 spiro atoms. The summed E-state index contributed by atoms with van der Waals surface area (Å²) in [6.07, 6.45) is 3.82. The topological polar surface area (TPSA) is 25.8 Å². The first-order valence-corrected chi connectivity index (χ1v) is 15.7. The van der Waals surface area contributed by atoms with Crippen molar-refractivity contribution in [1.82, 2.24) is 9.97 Å². The third kappa shape index (κ3) is 4.35. The van der Waals surface area contributed by atoms with Gasteiger partial charge in [-0.3, -0.25) is 4.98 Å². The third-order valence-electron chi connectivity index (χ3n) is 9.13. The third-order valence-corrected chi connectivity index (χ3v) is 9.13. The highest BCUT2D eigenvalue weighted by atomic mass is 14.7. The van der Waals surface area contributed by atoms with Crippen molar-refractivity contribution >= 4 is 43.1 Å². The number of nitrogens with zero attached hydrogens (tertiary/aromatic N) is 2. The molecule has 0 aliphatic heterocycles. The van der Waals surface area contributed by atoms with Crippen molar-refractivity contribution < 1.29 is 0 Å². The Hall–Kier alpha value is -6.12. The van der Waals surface area contributed by atoms with E-state index in [1.165, 1.54) is 54.6 Å². The molecule has 0 amide bonds. The highest BCUT2D eigenvalue weighted by molar-refractivity contribution is 6.21. The first-order chi connectivity index (χ1) is 22.8. The van der Waals surface area contributed by atoms with Gasteiger partial charge in [0.1, 0.15) is 0 Å². The molecule has 9 rings (SSSR count). The summed E-state index contributed by atoms with van der Waals surface area (Å²) in [5.41, 5.74) is 8.95. The average molecular weight is 585 g/mol. The van der Waals surface area contributed by atoms with E-state index in [2.05, 4.69) is 157 Å². The zero-order valence-electron chi connectivity index (χ0n) is 25.1. The molecular formula is C44H28N2. The summed E-state index contributed by atoms with van der Waals surface area (Å²) < 4.78 is 0. The van der Waals surface area contributed by atoms with E-state index in [-0.39, 0.29) is 0 Å². The van der Waals surface area contributed by atoms with Gasteiger partial charge in [0.15, 0.2) is 0 Å². The Morgan fingerprint density at radius 1 is 0.326 bits per heavy atom. The van der Waals surface area contributed by atoms with Crippen molar-refractivity contribution in [2.75, 3.05) is 0 Å². The van der Waals surface area contributed by atoms with Crippen LogP contribution < -0.4 is 0 Å². The van der Waals surface area contributed by atoms with E-state index in [0.717, 1.165) is 33.3 Å². The molecule has 2 aromatic heterocycles. The second-order valence-corrected chi connectivity index (χ2v) is 11.8. The van der Waals surface area contributed by atoms with Crippen molar-refractivity contribution in [2.45, 2.75) is 0 Å². The Kier molecular flexibility index (Phi) is 6.17. The molecule has 2 heterocycles. The standard InChI is InChI=1S/C44H28N2/c1-2-11-32-26-33(25-20-29(32)10-1)44-38-16-7-5-14-36(38)43(37-15-6-8-17-39(37)44)31-23-21-30(22-24-31)41-18-9-19-42(46-41)40-28-45-27-34-12-3-4-13-35(34)40/h1-28H. The van der Waals surface area contributed by atoms with E-state index in [1.807, 2.05) is 18.5 Å². The highest BCUT2D eigenvalue weighted by Crippen LogP contribution is 2.44. The van der Waals surface area contributed by atoms with Crippen molar-refractivity contribution in [3.8, 4) is 44.8 Å². The van der Waals surface area contributed by atoms with Gasteiger partial charge in [-0.05, 0) is 78.2 Å². The van der Waals surface area contributed by atoms with Gasteiger partial charge in [-0.1, -0.05) is 140 Å². The van der Waals surface area contributed by atoms with Gasteiger partial charge < -0.3 is 0 Å². The number of hydrogen-bond acceptors (Lipinski definition) is 2. The fourth-order valence-electron chi connectivity index (χ4n) is 6.97. The predicted octanol–water partition coefficient (Wildman–Crippen LogP) is 11.8. The van der Waals surface area contributed by atoms with Crippen LogP contribution in [0.25, 0.3) is 87.9 Å². The number of aromatic nitrogens is 2. The maximum absolute atomic E-state index is 5.09. The molecule has 2 heteroatoms. The molecule has 0 radical (unpaired) electrons. The van der Waals surface area contributed by atoms with E-state index in [4.69, 9.17) is 4.98 Å². The molecular weight excluding hydrogens is 556 g/mol. The van der Waals surface area contributed by atoms with Gasteiger partial charge in [0.25, 0.3) is 0 Å². The molecule has 2 nitrogen and oxygen atoms in total. The summed E-state index contributed by atoms with van der Waals surface area (Å²) in [5.74, 6) is 0. The highest BCUT2D eigenvalue weighted by Gasteiger charge is 2.17. The smallest absolute Gasteiger partial charge is 0.0731 e. The van der Waals surface area contributed by atoms with Crippen LogP contribution >= 0.6 is 0 Å². The molecule has 0 aliphatic carbocycles. The van der Waals surface area contributed by atoms with Gasteiger partial charge in [0.05, 0.1) is 11.4 Å². The summed E-state index contributed by atoms with van der Waals surface area (Å²) in [4.78, 5) is 9.58. The molecule has 0 aliphatic rings. The monoisotopic (exact) mass is 584 g/mol. The lowest BCUT2D eigenvalue weighted by atomic mass is 9.85. The summed E-state index contributed by atoms with van der Waals surface area (Å²) in [7, 11) is 0. The van der Waals surface area contributed by atoms with E-state index in [1.54, 1.807) is 0 Å². The maximum Gasteiger partial charge on any atom is 0.0731 e. The molecule has 0 bridgehead atoms. The normalized spacial score (nSPS) is 11.5. The second kappa shape index (κ2) is 10.8. The molecule has 0 N–H and O–H groups in total. The van der Waals surface area contributed by atoms with Crippen molar-refractivity contribution in [3.63, 3.8) is 0 Å². The second-order valence-electron chi connectivity index (χ2n) is 11.8. The Bertz CT molecular complexity index is 2520. The van der Waals surface area contributed by atoms with Gasteiger partial charge in [0.2, 0.25) is 0 Å². The van der Waals surface area contributed by atoms with Gasteiger partial charge in [-0.2, -0.15) is 0 Å². The lowest BCUT2D eigenvalue weighted by Crippen LogP contribution is -1.92. The van der Waals surface area contributed by atoms with Crippen LogP contribution in [0.15, 0.2) is 170 Å². The zero-order chi connectivity index (χ0) is 30.5. The van der Waals surface area contributed by atoms with Crippen molar-refractivity contribution in [2.24, 2.45) is 0 Å². The van der Waals surface area contributed by atoms with Crippen LogP contribution in [0.3, 0.4) is 0 Å². The minimum Gasteiger partial charge on any atom is -0.263 e. The van der Waals surface area contributed by atoms with Crippen LogP contribution in [-0.2, 0) is 0 Å². The summed E-state index contributed by atoms with van der Waals surface area (Å²) in [6.45, 7) is 0. The molecule has 214 valence electrons. The fourth-order valence-corrected chi connectivity index (χ4v) is 6.97. The predicted molar refractivity (Wildman–Crippen MR) is 194 cm³/mol. The summed E-state index contributed by atoms with van der Waals surface area (Å²) in [6, 6.07) is 56.5. The van der Waals surface area contributed by atoms with Crippen LogP contribution in [0.1, 0.15) is 0 Å². The number of hydrogen-bond donors (Lipinski definition) is 0. The number of fused-ring (bicyclic) bond motifs is 4. The largest absolute Gasteiger partial charge is 0.263 e. The summed E-state index contributed by atoms with van der Waals surface area (Å²) in [5, 5.41) is 9.79. The first kappa shape index (κ1) is 26.3. The lowest BCUT2D eigenvalue weighted by Gasteiger charge is -2.18. The van der Waals surface area contributed by atoms with Crippen LogP contribution in [0.4, 0.5) is 0 Å². The SMILES string of the molecule is c1cc(-c2ccc(-c3c4ccccc4c(-c4ccc5ccccc5c4)c4ccccc34)cc2)nc(-c2cncc3ccccc23)c1. The quantitative estimate of drug-likeness (QED) is 0.192. The van der Waals surface area contributed by atoms with Gasteiger partial charge >= 0.3 is 0 Å². The Morgan fingerprint density at radius 3 is 1.54 bits per heavy atom. The van der Waals surface area contributed by atoms with Crippen LogP contribution in [0.5, 0.6) is 0 Å². The molecule has 0 atom stereocenters. The Labute approximate surface area is 267 Å². The number of rotatable bonds is 4. The molecule has 0 fully saturated rings. The maximum atomic E-state index is 5.09. The molecule has 7 aromatic carbocycles. The van der Waals surface area contributed by atoms with E-state index in [0.29, 0.717) is 0 Å². The zero-order valence-corrected chi connectivity index (χ0v) is 25.1. The van der Waals surface area contributed by atoms with Gasteiger partial charge in [0, 0.05) is 28.9 Å². The Balaban J connectivity index is 1.18. The van der Waals surface area contributed by atoms with Gasteiger partial charge in [-0.25, -0.2) is 4.98 Å². The van der Waals surface area contributed by atoms with Gasteiger partial charge in [-0.15, -0.1) is 0 Å². The molecule has 0 saturated carbocycles. The minimum atomic E-state index is 0.923. The van der Waals surface area contributed by atoms with Crippen molar-refractivity contribution in [1.29, 1.82) is 0 Å². The van der Waals surface area contributed by atoms with Crippen LogP contribution in [-0.4, -0.2) is 9.97 Å². The fraction of sp³-hybridized carbons (Fsp3) is 0. The average Bonchev–Trinajstić information content (AvgIpc) is 3.13. The molecule has 0 unspecified atom stereocenters. The number of benzene rings is 7. The molecule has 9 aromatic rings. The van der Waals surface area contributed by atoms with Crippen LogP contribution in [0.2, 0.25) is 0 Å². The minimum absolute atomic E-state index is 0.923.